The molecule has 2 heterocycles. The number of urea groups is 1. The summed E-state index contributed by atoms with van der Waals surface area (Å²) in [7, 11) is 1.74. The zero-order valence-electron chi connectivity index (χ0n) is 12.8. The van der Waals surface area contributed by atoms with E-state index in [1.54, 1.807) is 18.4 Å². The molecule has 4 nitrogen and oxygen atoms in total. The third-order valence-electron chi connectivity index (χ3n) is 4.32. The number of hydrogen-bond donors (Lipinski definition) is 1. The molecule has 1 aliphatic rings. The highest BCUT2D eigenvalue weighted by Crippen LogP contribution is 2.36. The van der Waals surface area contributed by atoms with E-state index in [4.69, 9.17) is 10.5 Å². The van der Waals surface area contributed by atoms with Crippen LogP contribution in [0.3, 0.4) is 0 Å². The first-order valence-electron chi connectivity index (χ1n) is 7.82. The van der Waals surface area contributed by atoms with Gasteiger partial charge in [-0.25, -0.2) is 4.79 Å². The van der Waals surface area contributed by atoms with Crippen molar-refractivity contribution in [2.24, 2.45) is 5.73 Å². The Labute approximate surface area is 131 Å². The predicted octanol–water partition coefficient (Wildman–Crippen LogP) is 3.58. The van der Waals surface area contributed by atoms with E-state index < -0.39 is 0 Å². The summed E-state index contributed by atoms with van der Waals surface area (Å²) in [6.45, 7) is 1.61. The lowest BCUT2D eigenvalue weighted by Gasteiger charge is -2.39. The van der Waals surface area contributed by atoms with Gasteiger partial charge in [-0.3, -0.25) is 0 Å². The molecular formula is C16H26N2O2S. The number of ether oxygens (including phenoxy) is 1. The number of likely N-dealkylation sites (tertiary alicyclic amines) is 1. The van der Waals surface area contributed by atoms with Crippen molar-refractivity contribution in [3.63, 3.8) is 0 Å². The van der Waals surface area contributed by atoms with Crippen molar-refractivity contribution < 1.29 is 9.53 Å². The largest absolute Gasteiger partial charge is 0.385 e. The molecule has 1 unspecified atom stereocenters. The molecule has 5 heteroatoms. The number of nitrogens with two attached hydrogens (primary N) is 1. The summed E-state index contributed by atoms with van der Waals surface area (Å²) < 4.78 is 5.14. The first-order valence-corrected chi connectivity index (χ1v) is 8.70. The first kappa shape index (κ1) is 16.3. The second-order valence-electron chi connectivity index (χ2n) is 5.71. The molecule has 2 amide bonds. The Morgan fingerprint density at radius 1 is 1.52 bits per heavy atom. The number of rotatable bonds is 7. The number of thiophene rings is 1. The van der Waals surface area contributed by atoms with Gasteiger partial charge in [-0.1, -0.05) is 12.5 Å². The number of unbranched alkanes of at least 4 members (excludes halogenated alkanes) is 1. The molecule has 1 fully saturated rings. The van der Waals surface area contributed by atoms with Crippen molar-refractivity contribution in [3.8, 4) is 0 Å². The van der Waals surface area contributed by atoms with Gasteiger partial charge in [0.1, 0.15) is 0 Å². The second-order valence-corrected chi connectivity index (χ2v) is 6.68. The number of nitrogens with zero attached hydrogens (tertiary/aromatic N) is 1. The maximum Gasteiger partial charge on any atom is 0.315 e. The second kappa shape index (κ2) is 8.39. The minimum absolute atomic E-state index is 0.262. The average molecular weight is 310 g/mol. The van der Waals surface area contributed by atoms with Crippen LogP contribution in [-0.2, 0) is 4.74 Å². The van der Waals surface area contributed by atoms with Crippen LogP contribution in [-0.4, -0.2) is 37.2 Å². The monoisotopic (exact) mass is 310 g/mol. The highest BCUT2D eigenvalue weighted by atomic mass is 32.1. The minimum atomic E-state index is -0.266. The fraction of sp³-hybridized carbons (Fsp3) is 0.688. The summed E-state index contributed by atoms with van der Waals surface area (Å²) in [5.74, 6) is 0.412. The molecule has 0 aliphatic carbocycles. The van der Waals surface area contributed by atoms with Crippen molar-refractivity contribution in [2.45, 2.75) is 50.5 Å². The maximum atomic E-state index is 11.7. The van der Waals surface area contributed by atoms with Crippen LogP contribution in [0.2, 0.25) is 0 Å². The SMILES string of the molecule is COCCCC[C@@H](c1cccs1)C1CCCCN1C(N)=O. The topological polar surface area (TPSA) is 55.6 Å². The van der Waals surface area contributed by atoms with Crippen LogP contribution in [0.4, 0.5) is 4.79 Å². The van der Waals surface area contributed by atoms with Gasteiger partial charge < -0.3 is 15.4 Å². The Hall–Kier alpha value is -1.07. The Kier molecular flexibility index (Phi) is 6.51. The fourth-order valence-corrected chi connectivity index (χ4v) is 4.21. The van der Waals surface area contributed by atoms with Crippen molar-refractivity contribution in [1.82, 2.24) is 4.90 Å². The van der Waals surface area contributed by atoms with Crippen molar-refractivity contribution in [1.29, 1.82) is 0 Å². The van der Waals surface area contributed by atoms with E-state index in [0.717, 1.165) is 45.3 Å². The Bertz CT molecular complexity index is 422. The highest BCUT2D eigenvalue weighted by molar-refractivity contribution is 7.10. The van der Waals surface area contributed by atoms with E-state index in [9.17, 15) is 4.79 Å². The van der Waals surface area contributed by atoms with E-state index >= 15 is 0 Å². The lowest BCUT2D eigenvalue weighted by Crippen LogP contribution is -2.49. The number of primary amides is 1. The van der Waals surface area contributed by atoms with Crippen LogP contribution in [0.15, 0.2) is 17.5 Å². The van der Waals surface area contributed by atoms with Gasteiger partial charge in [0.2, 0.25) is 0 Å². The lowest BCUT2D eigenvalue weighted by atomic mass is 9.86. The summed E-state index contributed by atoms with van der Waals surface area (Å²) in [5, 5.41) is 2.12. The van der Waals surface area contributed by atoms with Crippen molar-refractivity contribution in [2.75, 3.05) is 20.3 Å². The van der Waals surface area contributed by atoms with Crippen LogP contribution < -0.4 is 5.73 Å². The van der Waals surface area contributed by atoms with Crippen LogP contribution >= 0.6 is 11.3 Å². The van der Waals surface area contributed by atoms with Crippen LogP contribution in [0.25, 0.3) is 0 Å². The summed E-state index contributed by atoms with van der Waals surface area (Å²) in [4.78, 5) is 15.0. The molecule has 1 aromatic heterocycles. The normalized spacial score (nSPS) is 20.4. The van der Waals surface area contributed by atoms with E-state index in [0.29, 0.717) is 5.92 Å². The Morgan fingerprint density at radius 2 is 2.38 bits per heavy atom. The highest BCUT2D eigenvalue weighted by Gasteiger charge is 2.32. The van der Waals surface area contributed by atoms with Gasteiger partial charge in [-0.2, -0.15) is 0 Å². The van der Waals surface area contributed by atoms with Crippen LogP contribution in [0, 0.1) is 0 Å². The molecular weight excluding hydrogens is 284 g/mol. The molecule has 2 N–H and O–H groups in total. The van der Waals surface area contributed by atoms with Crippen LogP contribution in [0.5, 0.6) is 0 Å². The first-order chi connectivity index (χ1) is 10.2. The van der Waals surface area contributed by atoms with Gasteiger partial charge in [0.25, 0.3) is 0 Å². The van der Waals surface area contributed by atoms with E-state index in [1.807, 2.05) is 4.90 Å². The summed E-state index contributed by atoms with van der Waals surface area (Å²) in [5.41, 5.74) is 5.60. The number of carbonyl (C=O) groups excluding carboxylic acids is 1. The van der Waals surface area contributed by atoms with Gasteiger partial charge >= 0.3 is 6.03 Å². The van der Waals surface area contributed by atoms with Gasteiger partial charge in [0.05, 0.1) is 0 Å². The molecule has 2 atom stereocenters. The van der Waals surface area contributed by atoms with E-state index in [-0.39, 0.29) is 12.1 Å². The number of methoxy groups -OCH3 is 1. The van der Waals surface area contributed by atoms with Gasteiger partial charge in [0.15, 0.2) is 0 Å². The summed E-state index contributed by atoms with van der Waals surface area (Å²) in [6.07, 6.45) is 6.62. The minimum Gasteiger partial charge on any atom is -0.385 e. The molecule has 2 rings (SSSR count). The molecule has 0 radical (unpaired) electrons. The van der Waals surface area contributed by atoms with Crippen molar-refractivity contribution >= 4 is 17.4 Å². The Balaban J connectivity index is 2.07. The smallest absolute Gasteiger partial charge is 0.315 e. The van der Waals surface area contributed by atoms with Gasteiger partial charge in [0, 0.05) is 37.1 Å². The van der Waals surface area contributed by atoms with Gasteiger partial charge in [-0.15, -0.1) is 11.3 Å². The van der Waals surface area contributed by atoms with Crippen molar-refractivity contribution in [3.05, 3.63) is 22.4 Å². The molecule has 0 bridgehead atoms. The third-order valence-corrected chi connectivity index (χ3v) is 5.32. The molecule has 1 saturated heterocycles. The van der Waals surface area contributed by atoms with Gasteiger partial charge in [-0.05, 0) is 43.6 Å². The van der Waals surface area contributed by atoms with E-state index in [2.05, 4.69) is 17.5 Å². The summed E-state index contributed by atoms with van der Waals surface area (Å²) >= 11 is 1.79. The van der Waals surface area contributed by atoms with E-state index in [1.165, 1.54) is 11.3 Å². The third kappa shape index (κ3) is 4.45. The maximum absolute atomic E-state index is 11.7. The fourth-order valence-electron chi connectivity index (χ4n) is 3.29. The molecule has 1 aliphatic heterocycles. The number of piperidine rings is 1. The summed E-state index contributed by atoms with van der Waals surface area (Å²) in [6, 6.07) is 4.29. The molecule has 1 aromatic rings. The number of carbonyl (C=O) groups is 1. The number of hydrogen-bond acceptors (Lipinski definition) is 3. The molecule has 0 spiro atoms. The standard InChI is InChI=1S/C16H26N2O2S/c1-20-11-5-3-7-13(15-9-6-12-21-15)14-8-2-4-10-18(14)16(17)19/h6,9,12-14H,2-5,7-8,10-11H2,1H3,(H2,17,19)/t13-,14?/m1/s1. The average Bonchev–Trinajstić information content (AvgIpc) is 3.01. The molecule has 0 saturated carbocycles. The quantitative estimate of drug-likeness (QED) is 0.783. The van der Waals surface area contributed by atoms with Crippen LogP contribution in [0.1, 0.15) is 49.3 Å². The molecule has 21 heavy (non-hydrogen) atoms. The lowest BCUT2D eigenvalue weighted by molar-refractivity contribution is 0.139. The zero-order valence-corrected chi connectivity index (χ0v) is 13.6. The predicted molar refractivity (Wildman–Crippen MR) is 86.7 cm³/mol. The zero-order chi connectivity index (χ0) is 15.1. The molecule has 0 aromatic carbocycles. The Morgan fingerprint density at radius 3 is 3.05 bits per heavy atom. The number of amides is 2. The molecule has 118 valence electrons.